The monoisotopic (exact) mass is 226 g/mol. The highest BCUT2D eigenvalue weighted by atomic mass is 16.7. The van der Waals surface area contributed by atoms with Crippen molar-refractivity contribution in [3.05, 3.63) is 12.2 Å². The molecule has 0 aromatic rings. The first-order valence-corrected chi connectivity index (χ1v) is 5.36. The number of rotatable bonds is 4. The molecule has 2 fully saturated rings. The van der Waals surface area contributed by atoms with Gasteiger partial charge in [0.1, 0.15) is 0 Å². The van der Waals surface area contributed by atoms with Crippen LogP contribution >= 0.6 is 0 Å². The summed E-state index contributed by atoms with van der Waals surface area (Å²) < 4.78 is 0. The quantitative estimate of drug-likeness (QED) is 0.622. The molecule has 2 saturated heterocycles. The molecule has 2 aliphatic rings. The van der Waals surface area contributed by atoms with Crippen molar-refractivity contribution in [1.82, 2.24) is 10.1 Å². The van der Waals surface area contributed by atoms with Gasteiger partial charge in [0.25, 0.3) is 0 Å². The fraction of sp³-hybridized carbons (Fsp3) is 0.600. The largest absolute Gasteiger partial charge is 0.364 e. The minimum atomic E-state index is -0.541. The molecule has 6 nitrogen and oxygen atoms in total. The maximum absolute atomic E-state index is 11.1. The molecule has 88 valence electrons. The van der Waals surface area contributed by atoms with Gasteiger partial charge in [-0.2, -0.15) is 0 Å². The van der Waals surface area contributed by atoms with E-state index >= 15 is 0 Å². The summed E-state index contributed by atoms with van der Waals surface area (Å²) in [6.45, 7) is 3.05. The predicted molar refractivity (Wildman–Crippen MR) is 53.7 cm³/mol. The zero-order chi connectivity index (χ0) is 11.4. The lowest BCUT2D eigenvalue weighted by molar-refractivity contribution is -0.203. The second-order valence-electron chi connectivity index (χ2n) is 3.72. The Labute approximate surface area is 93.3 Å². The molecule has 6 heteroatoms. The highest BCUT2D eigenvalue weighted by Crippen LogP contribution is 2.07. The van der Waals surface area contributed by atoms with Gasteiger partial charge in [-0.05, 0) is 12.8 Å². The van der Waals surface area contributed by atoms with E-state index in [2.05, 4.69) is 0 Å². The summed E-state index contributed by atoms with van der Waals surface area (Å²) in [6, 6.07) is 0. The minimum absolute atomic E-state index is 0.541. The van der Waals surface area contributed by atoms with E-state index < -0.39 is 11.9 Å². The molecule has 16 heavy (non-hydrogen) atoms. The van der Waals surface area contributed by atoms with Gasteiger partial charge >= 0.3 is 11.9 Å². The van der Waals surface area contributed by atoms with Crippen LogP contribution in [0.2, 0.25) is 0 Å². The SMILES string of the molecule is O=C(/C=C/C(=O)ON1CCC1)ON1CCC1. The van der Waals surface area contributed by atoms with Crippen LogP contribution in [0.1, 0.15) is 12.8 Å². The van der Waals surface area contributed by atoms with Gasteiger partial charge in [0.2, 0.25) is 0 Å². The van der Waals surface area contributed by atoms with Crippen LogP contribution in [0, 0.1) is 0 Å². The minimum Gasteiger partial charge on any atom is -0.364 e. The van der Waals surface area contributed by atoms with Gasteiger partial charge in [-0.1, -0.05) is 0 Å². The molecule has 0 aromatic heterocycles. The van der Waals surface area contributed by atoms with Crippen molar-refractivity contribution in [3.8, 4) is 0 Å². The second-order valence-corrected chi connectivity index (χ2v) is 3.72. The molecule has 0 atom stereocenters. The number of hydroxylamine groups is 4. The molecule has 2 aliphatic heterocycles. The average Bonchev–Trinajstić information content (AvgIpc) is 2.14. The van der Waals surface area contributed by atoms with Gasteiger partial charge in [-0.3, -0.25) is 0 Å². The summed E-state index contributed by atoms with van der Waals surface area (Å²) in [7, 11) is 0. The van der Waals surface area contributed by atoms with E-state index in [1.807, 2.05) is 0 Å². The molecular formula is C10H14N2O4. The number of carbonyl (C=O) groups is 2. The molecule has 0 bridgehead atoms. The van der Waals surface area contributed by atoms with Crippen LogP contribution in [-0.2, 0) is 19.3 Å². The van der Waals surface area contributed by atoms with Crippen molar-refractivity contribution < 1.29 is 19.3 Å². The molecule has 0 aromatic carbocycles. The Hall–Kier alpha value is -1.40. The molecule has 0 unspecified atom stereocenters. The van der Waals surface area contributed by atoms with E-state index in [-0.39, 0.29) is 0 Å². The highest BCUT2D eigenvalue weighted by Gasteiger charge is 2.19. The summed E-state index contributed by atoms with van der Waals surface area (Å²) in [5.41, 5.74) is 0. The van der Waals surface area contributed by atoms with Crippen LogP contribution in [0.15, 0.2) is 12.2 Å². The fourth-order valence-electron chi connectivity index (χ4n) is 1.21. The van der Waals surface area contributed by atoms with E-state index in [4.69, 9.17) is 9.68 Å². The third-order valence-electron chi connectivity index (χ3n) is 2.42. The van der Waals surface area contributed by atoms with Gasteiger partial charge in [0.15, 0.2) is 0 Å². The van der Waals surface area contributed by atoms with Crippen molar-refractivity contribution in [1.29, 1.82) is 0 Å². The number of carbonyl (C=O) groups excluding carboxylic acids is 2. The zero-order valence-corrected chi connectivity index (χ0v) is 8.92. The van der Waals surface area contributed by atoms with Crippen LogP contribution in [0.4, 0.5) is 0 Å². The highest BCUT2D eigenvalue weighted by molar-refractivity contribution is 5.91. The Morgan fingerprint density at radius 1 is 0.812 bits per heavy atom. The summed E-state index contributed by atoms with van der Waals surface area (Å²) >= 11 is 0. The third kappa shape index (κ3) is 3.04. The lowest BCUT2D eigenvalue weighted by atomic mass is 10.3. The zero-order valence-electron chi connectivity index (χ0n) is 8.92. The maximum atomic E-state index is 11.1. The molecule has 0 spiro atoms. The van der Waals surface area contributed by atoms with Crippen LogP contribution in [-0.4, -0.2) is 48.2 Å². The van der Waals surface area contributed by atoms with E-state index in [1.165, 1.54) is 0 Å². The van der Waals surface area contributed by atoms with E-state index in [0.29, 0.717) is 0 Å². The van der Waals surface area contributed by atoms with Crippen LogP contribution in [0.5, 0.6) is 0 Å². The number of hydrogen-bond donors (Lipinski definition) is 0. The Balaban J connectivity index is 1.65. The standard InChI is InChI=1S/C10H14N2O4/c13-9(15-11-5-1-6-11)3-4-10(14)16-12-7-2-8-12/h3-4H,1-2,5-8H2/b4-3+. The Kier molecular flexibility index (Phi) is 3.53. The maximum Gasteiger partial charge on any atom is 0.349 e. The molecular weight excluding hydrogens is 212 g/mol. The van der Waals surface area contributed by atoms with Crippen LogP contribution in [0.25, 0.3) is 0 Å². The van der Waals surface area contributed by atoms with E-state index in [1.54, 1.807) is 10.1 Å². The van der Waals surface area contributed by atoms with Gasteiger partial charge in [-0.25, -0.2) is 9.59 Å². The Morgan fingerprint density at radius 2 is 1.19 bits per heavy atom. The van der Waals surface area contributed by atoms with Gasteiger partial charge in [0, 0.05) is 38.3 Å². The summed E-state index contributed by atoms with van der Waals surface area (Å²) in [6.07, 6.45) is 4.24. The van der Waals surface area contributed by atoms with Crippen LogP contribution in [0.3, 0.4) is 0 Å². The first kappa shape index (κ1) is 11.1. The van der Waals surface area contributed by atoms with Gasteiger partial charge in [0.05, 0.1) is 0 Å². The molecule has 2 rings (SSSR count). The average molecular weight is 226 g/mol. The van der Waals surface area contributed by atoms with E-state index in [0.717, 1.165) is 51.2 Å². The Bertz CT molecular complexity index is 278. The number of nitrogens with zero attached hydrogens (tertiary/aromatic N) is 2. The van der Waals surface area contributed by atoms with Crippen molar-refractivity contribution in [3.63, 3.8) is 0 Å². The molecule has 2 heterocycles. The number of hydrogen-bond acceptors (Lipinski definition) is 6. The summed E-state index contributed by atoms with van der Waals surface area (Å²) in [5.74, 6) is -1.08. The molecule has 0 aliphatic carbocycles. The molecule has 0 N–H and O–H groups in total. The van der Waals surface area contributed by atoms with Crippen molar-refractivity contribution in [2.75, 3.05) is 26.2 Å². The van der Waals surface area contributed by atoms with Gasteiger partial charge in [-0.15, -0.1) is 10.1 Å². The summed E-state index contributed by atoms with van der Waals surface area (Å²) in [5, 5.41) is 3.10. The normalized spacial score (nSPS) is 21.2. The predicted octanol–water partition coefficient (Wildman–Crippen LogP) is -0.130. The fourth-order valence-corrected chi connectivity index (χ4v) is 1.21. The Morgan fingerprint density at radius 3 is 1.44 bits per heavy atom. The molecule has 0 radical (unpaired) electrons. The second kappa shape index (κ2) is 5.09. The third-order valence-corrected chi connectivity index (χ3v) is 2.42. The van der Waals surface area contributed by atoms with Crippen LogP contribution < -0.4 is 0 Å². The van der Waals surface area contributed by atoms with Crippen molar-refractivity contribution in [2.45, 2.75) is 12.8 Å². The molecule has 0 saturated carbocycles. The lowest BCUT2D eigenvalue weighted by Crippen LogP contribution is -2.39. The first-order chi connectivity index (χ1) is 7.74. The summed E-state index contributed by atoms with van der Waals surface area (Å²) in [4.78, 5) is 32.0. The van der Waals surface area contributed by atoms with Crippen molar-refractivity contribution >= 4 is 11.9 Å². The lowest BCUT2D eigenvalue weighted by Gasteiger charge is -2.28. The molecule has 0 amide bonds. The van der Waals surface area contributed by atoms with Crippen molar-refractivity contribution in [2.24, 2.45) is 0 Å². The van der Waals surface area contributed by atoms with Gasteiger partial charge < -0.3 is 9.68 Å². The smallest absolute Gasteiger partial charge is 0.349 e. The first-order valence-electron chi connectivity index (χ1n) is 5.36. The van der Waals surface area contributed by atoms with E-state index in [9.17, 15) is 9.59 Å². The topological polar surface area (TPSA) is 59.1 Å².